The van der Waals surface area contributed by atoms with Crippen LogP contribution in [0.15, 0.2) is 53.0 Å². The predicted molar refractivity (Wildman–Crippen MR) is 107 cm³/mol. The summed E-state index contributed by atoms with van der Waals surface area (Å²) in [5, 5.41) is 3.21. The Morgan fingerprint density at radius 2 is 2.00 bits per heavy atom. The summed E-state index contributed by atoms with van der Waals surface area (Å²) in [7, 11) is 0. The zero-order valence-corrected chi connectivity index (χ0v) is 15.6. The van der Waals surface area contributed by atoms with E-state index in [1.165, 1.54) is 10.9 Å². The number of nitrogens with two attached hydrogens (primary N) is 1. The van der Waals surface area contributed by atoms with E-state index in [0.717, 1.165) is 36.6 Å². The molecule has 0 bridgehead atoms. The lowest BCUT2D eigenvalue weighted by Gasteiger charge is -2.24. The number of nitrogens with zero attached hydrogens (tertiary/aromatic N) is 2. The molecule has 4 nitrogen and oxygen atoms in total. The Labute approximate surface area is 152 Å². The van der Waals surface area contributed by atoms with E-state index >= 15 is 0 Å². The molecule has 3 aromatic rings. The zero-order valence-electron chi connectivity index (χ0n) is 14.8. The van der Waals surface area contributed by atoms with E-state index in [4.69, 9.17) is 10.5 Å². The van der Waals surface area contributed by atoms with Gasteiger partial charge in [0.15, 0.2) is 0 Å². The summed E-state index contributed by atoms with van der Waals surface area (Å²) in [5.74, 6) is 0.572. The van der Waals surface area contributed by atoms with Gasteiger partial charge in [-0.15, -0.1) is 11.3 Å². The van der Waals surface area contributed by atoms with Gasteiger partial charge in [0, 0.05) is 36.4 Å². The summed E-state index contributed by atoms with van der Waals surface area (Å²) >= 11 is 1.61. The molecule has 0 radical (unpaired) electrons. The zero-order chi connectivity index (χ0) is 17.6. The van der Waals surface area contributed by atoms with Crippen molar-refractivity contribution in [3.8, 4) is 0 Å². The molecule has 132 valence electrons. The van der Waals surface area contributed by atoms with E-state index in [1.54, 1.807) is 11.3 Å². The molecular weight excluding hydrogens is 330 g/mol. The van der Waals surface area contributed by atoms with Crippen molar-refractivity contribution in [3.05, 3.63) is 52.9 Å². The Morgan fingerprint density at radius 1 is 1.20 bits per heavy atom. The van der Waals surface area contributed by atoms with Gasteiger partial charge in [-0.2, -0.15) is 0 Å². The highest BCUT2D eigenvalue weighted by Gasteiger charge is 2.17. The molecule has 5 heteroatoms. The topological polar surface area (TPSA) is 52.5 Å². The van der Waals surface area contributed by atoms with E-state index in [0.29, 0.717) is 11.9 Å². The summed E-state index contributed by atoms with van der Waals surface area (Å²) in [4.78, 5) is 5.55. The van der Waals surface area contributed by atoms with E-state index < -0.39 is 0 Å². The Kier molecular flexibility index (Phi) is 5.89. The second kappa shape index (κ2) is 8.32. The minimum absolute atomic E-state index is 0.534. The molecule has 25 heavy (non-hydrogen) atoms. The van der Waals surface area contributed by atoms with E-state index in [2.05, 4.69) is 34.0 Å². The molecule has 0 atom stereocenters. The Hall–Kier alpha value is -2.11. The van der Waals surface area contributed by atoms with Crippen molar-refractivity contribution in [2.75, 3.05) is 13.2 Å². The van der Waals surface area contributed by atoms with Crippen LogP contribution in [0.25, 0.3) is 10.9 Å². The van der Waals surface area contributed by atoms with Crippen LogP contribution in [-0.4, -0.2) is 23.6 Å². The van der Waals surface area contributed by atoms with Gasteiger partial charge in [-0.1, -0.05) is 19.9 Å². The van der Waals surface area contributed by atoms with Gasteiger partial charge in [-0.05, 0) is 48.6 Å². The van der Waals surface area contributed by atoms with Gasteiger partial charge in [0.25, 0.3) is 0 Å². The van der Waals surface area contributed by atoms with Gasteiger partial charge in [-0.3, -0.25) is 0 Å². The van der Waals surface area contributed by atoms with Crippen LogP contribution in [0.4, 0.5) is 5.69 Å². The number of hydrogen-bond acceptors (Lipinski definition) is 3. The molecular formula is C20H25N3OS. The lowest BCUT2D eigenvalue weighted by molar-refractivity contribution is 0.0707. The summed E-state index contributed by atoms with van der Waals surface area (Å²) in [5.41, 5.74) is 8.23. The predicted octanol–water partition coefficient (Wildman–Crippen LogP) is 5.12. The molecule has 0 aliphatic carbocycles. The lowest BCUT2D eigenvalue weighted by Crippen LogP contribution is -2.18. The molecule has 1 saturated heterocycles. The van der Waals surface area contributed by atoms with Crippen LogP contribution in [0.5, 0.6) is 0 Å². The van der Waals surface area contributed by atoms with E-state index in [1.807, 2.05) is 37.4 Å². The van der Waals surface area contributed by atoms with E-state index in [-0.39, 0.29) is 0 Å². The number of aromatic nitrogens is 1. The number of hydrogen-bond donors (Lipinski definition) is 1. The molecule has 1 aromatic carbocycles. The Morgan fingerprint density at radius 3 is 2.72 bits per heavy atom. The first-order valence-electron chi connectivity index (χ1n) is 8.87. The number of aliphatic imine (C=N–C) groups is 1. The van der Waals surface area contributed by atoms with Crippen molar-refractivity contribution in [1.82, 2.24) is 4.57 Å². The summed E-state index contributed by atoms with van der Waals surface area (Å²) in [6, 6.07) is 13.0. The molecule has 3 heterocycles. The summed E-state index contributed by atoms with van der Waals surface area (Å²) in [6.07, 6.45) is 4.33. The first-order chi connectivity index (χ1) is 12.3. The smallest absolute Gasteiger partial charge is 0.141 e. The van der Waals surface area contributed by atoms with Crippen molar-refractivity contribution in [2.45, 2.75) is 32.7 Å². The molecule has 1 aliphatic rings. The molecule has 0 spiro atoms. The number of thiophene rings is 1. The quantitative estimate of drug-likeness (QED) is 0.524. The maximum atomic E-state index is 6.08. The highest BCUT2D eigenvalue weighted by atomic mass is 32.1. The molecule has 0 amide bonds. The van der Waals surface area contributed by atoms with Crippen molar-refractivity contribution in [2.24, 2.45) is 10.7 Å². The number of benzene rings is 1. The average Bonchev–Trinajstić information content (AvgIpc) is 3.34. The molecule has 2 aromatic heterocycles. The average molecular weight is 356 g/mol. The monoisotopic (exact) mass is 355 g/mol. The SMILES string of the molecule is CC.NC(=Nc1ccc2c(ccn2C2CCOCC2)c1)c1cccs1. The standard InChI is InChI=1S/C18H19N3OS.C2H6/c19-18(17-2-1-11-23-17)20-14-3-4-16-13(12-14)5-8-21(16)15-6-9-22-10-7-15;1-2/h1-5,8,11-12,15H,6-7,9-10H2,(H2,19,20);1-2H3. The van der Waals surface area contributed by atoms with Gasteiger partial charge < -0.3 is 15.0 Å². The van der Waals surface area contributed by atoms with Crippen LogP contribution in [0.1, 0.15) is 37.6 Å². The molecule has 1 aliphatic heterocycles. The first-order valence-corrected chi connectivity index (χ1v) is 9.75. The maximum absolute atomic E-state index is 6.08. The second-order valence-corrected chi connectivity index (χ2v) is 6.73. The number of rotatable bonds is 3. The number of amidine groups is 1. The third kappa shape index (κ3) is 3.94. The van der Waals surface area contributed by atoms with Crippen molar-refractivity contribution < 1.29 is 4.74 Å². The maximum Gasteiger partial charge on any atom is 0.141 e. The minimum atomic E-state index is 0.534. The second-order valence-electron chi connectivity index (χ2n) is 5.78. The normalized spacial score (nSPS) is 15.8. The van der Waals surface area contributed by atoms with Crippen LogP contribution in [0, 0.1) is 0 Å². The van der Waals surface area contributed by atoms with Crippen molar-refractivity contribution >= 4 is 33.8 Å². The summed E-state index contributed by atoms with van der Waals surface area (Å²) in [6.45, 7) is 5.70. The third-order valence-corrected chi connectivity index (χ3v) is 5.20. The fraction of sp³-hybridized carbons (Fsp3) is 0.350. The van der Waals surface area contributed by atoms with Crippen molar-refractivity contribution in [3.63, 3.8) is 0 Å². The third-order valence-electron chi connectivity index (χ3n) is 4.31. The largest absolute Gasteiger partial charge is 0.383 e. The molecule has 0 saturated carbocycles. The molecule has 0 unspecified atom stereocenters. The molecule has 2 N–H and O–H groups in total. The van der Waals surface area contributed by atoms with Crippen molar-refractivity contribution in [1.29, 1.82) is 0 Å². The van der Waals surface area contributed by atoms with Crippen LogP contribution in [0.2, 0.25) is 0 Å². The highest BCUT2D eigenvalue weighted by molar-refractivity contribution is 7.12. The van der Waals surface area contributed by atoms with E-state index in [9.17, 15) is 0 Å². The lowest BCUT2D eigenvalue weighted by atomic mass is 10.1. The Balaban J connectivity index is 0.000000880. The fourth-order valence-electron chi connectivity index (χ4n) is 3.12. The van der Waals surface area contributed by atoms with Gasteiger partial charge in [0.2, 0.25) is 0 Å². The van der Waals surface area contributed by atoms with Crippen LogP contribution in [0.3, 0.4) is 0 Å². The van der Waals surface area contributed by atoms with Gasteiger partial charge in [0.1, 0.15) is 5.84 Å². The van der Waals surface area contributed by atoms with Crippen LogP contribution in [-0.2, 0) is 4.74 Å². The van der Waals surface area contributed by atoms with Gasteiger partial charge >= 0.3 is 0 Å². The van der Waals surface area contributed by atoms with Gasteiger partial charge in [0.05, 0.1) is 10.6 Å². The fourth-order valence-corrected chi connectivity index (χ4v) is 3.75. The van der Waals surface area contributed by atoms with Crippen LogP contribution < -0.4 is 5.73 Å². The van der Waals surface area contributed by atoms with Crippen LogP contribution >= 0.6 is 11.3 Å². The Bertz CT molecular complexity index is 830. The summed E-state index contributed by atoms with van der Waals surface area (Å²) < 4.78 is 7.83. The number of ether oxygens (including phenoxy) is 1. The molecule has 1 fully saturated rings. The number of fused-ring (bicyclic) bond motifs is 1. The van der Waals surface area contributed by atoms with Gasteiger partial charge in [-0.25, -0.2) is 4.99 Å². The minimum Gasteiger partial charge on any atom is -0.383 e. The first kappa shape index (κ1) is 17.7. The molecule has 4 rings (SSSR count). The highest BCUT2D eigenvalue weighted by Crippen LogP contribution is 2.29.